The fourth-order valence-corrected chi connectivity index (χ4v) is 9.27. The highest BCUT2D eigenvalue weighted by molar-refractivity contribution is 5.82. The zero-order valence-corrected chi connectivity index (χ0v) is 20.4. The van der Waals surface area contributed by atoms with Gasteiger partial charge in [-0.2, -0.15) is 0 Å². The van der Waals surface area contributed by atoms with Crippen LogP contribution in [0.3, 0.4) is 0 Å². The predicted octanol–water partition coefficient (Wildman–Crippen LogP) is 6.55. The molecule has 2 bridgehead atoms. The maximum atomic E-state index is 7.49. The first-order chi connectivity index (χ1) is 16.6. The number of rotatable bonds is 2. The predicted molar refractivity (Wildman–Crippen MR) is 136 cm³/mol. The van der Waals surface area contributed by atoms with Crippen molar-refractivity contribution in [1.82, 2.24) is 9.88 Å². The van der Waals surface area contributed by atoms with Crippen LogP contribution in [0.15, 0.2) is 60.0 Å². The number of likely N-dealkylation sites (tertiary alicyclic amines) is 1. The average molecular weight is 453 g/mol. The molecule has 0 unspecified atom stereocenters. The number of aromatic nitrogens is 1. The fourth-order valence-electron chi connectivity index (χ4n) is 9.27. The lowest BCUT2D eigenvalue weighted by Gasteiger charge is -2.55. The summed E-state index contributed by atoms with van der Waals surface area (Å²) in [6, 6.07) is 9.99. The van der Waals surface area contributed by atoms with Gasteiger partial charge >= 0.3 is 0 Å². The van der Waals surface area contributed by atoms with Crippen molar-refractivity contribution < 1.29 is 4.74 Å². The van der Waals surface area contributed by atoms with E-state index < -0.39 is 0 Å². The molecule has 1 aromatic heterocycles. The molecule has 2 aromatic rings. The van der Waals surface area contributed by atoms with E-state index in [1.165, 1.54) is 87.2 Å². The van der Waals surface area contributed by atoms with Gasteiger partial charge in [0.1, 0.15) is 0 Å². The third kappa shape index (κ3) is 2.53. The highest BCUT2D eigenvalue weighted by Crippen LogP contribution is 2.69. The number of ether oxygens (including phenoxy) is 1. The lowest BCUT2D eigenvalue weighted by Crippen LogP contribution is -2.56. The monoisotopic (exact) mass is 452 g/mol. The van der Waals surface area contributed by atoms with Crippen LogP contribution in [0.5, 0.6) is 0 Å². The Hall–Kier alpha value is -1.97. The van der Waals surface area contributed by atoms with Gasteiger partial charge in [0.2, 0.25) is 0 Å². The van der Waals surface area contributed by atoms with Crippen molar-refractivity contribution in [2.24, 2.45) is 11.3 Å². The third-order valence-electron chi connectivity index (χ3n) is 11.1. The minimum atomic E-state index is -0.0412. The van der Waals surface area contributed by atoms with Gasteiger partial charge in [-0.25, -0.2) is 0 Å². The first-order valence-electron chi connectivity index (χ1n) is 13.8. The summed E-state index contributed by atoms with van der Waals surface area (Å²) in [7, 11) is 0. The molecule has 1 aromatic carbocycles. The molecule has 6 atom stereocenters. The summed E-state index contributed by atoms with van der Waals surface area (Å²) in [5, 5.41) is 2.57. The molecule has 0 radical (unpaired) electrons. The third-order valence-corrected chi connectivity index (χ3v) is 11.1. The van der Waals surface area contributed by atoms with Gasteiger partial charge in [0.05, 0.1) is 11.2 Å². The van der Waals surface area contributed by atoms with E-state index in [0.29, 0.717) is 11.8 Å². The highest BCUT2D eigenvalue weighted by atomic mass is 16.5. The number of hydrogen-bond acceptors (Lipinski definition) is 3. The second kappa shape index (κ2) is 6.83. The lowest BCUT2D eigenvalue weighted by atomic mass is 9.58. The summed E-state index contributed by atoms with van der Waals surface area (Å²) in [5.74, 6) is 1.22. The molecular weight excluding hydrogens is 416 g/mol. The van der Waals surface area contributed by atoms with E-state index in [4.69, 9.17) is 4.74 Å². The van der Waals surface area contributed by atoms with Crippen LogP contribution in [0.4, 0.5) is 0 Å². The quantitative estimate of drug-likeness (QED) is 0.516. The Morgan fingerprint density at radius 1 is 1.06 bits per heavy atom. The smallest absolute Gasteiger partial charge is 0.0974 e. The average Bonchev–Trinajstić information content (AvgIpc) is 3.33. The minimum Gasteiger partial charge on any atom is -0.359 e. The minimum absolute atomic E-state index is 0.0286. The largest absolute Gasteiger partial charge is 0.359 e. The van der Waals surface area contributed by atoms with Crippen LogP contribution in [0.1, 0.15) is 76.2 Å². The second-order valence-electron chi connectivity index (χ2n) is 12.5. The molecule has 2 saturated carbocycles. The van der Waals surface area contributed by atoms with E-state index in [9.17, 15) is 0 Å². The van der Waals surface area contributed by atoms with Crippen LogP contribution in [0.25, 0.3) is 10.8 Å². The number of allylic oxidation sites excluding steroid dienone is 1. The molecule has 3 heteroatoms. The van der Waals surface area contributed by atoms with Gasteiger partial charge in [-0.1, -0.05) is 31.2 Å². The van der Waals surface area contributed by atoms with Crippen molar-refractivity contribution in [1.29, 1.82) is 0 Å². The van der Waals surface area contributed by atoms with Gasteiger partial charge < -0.3 is 9.64 Å². The van der Waals surface area contributed by atoms with Crippen molar-refractivity contribution in [2.45, 2.75) is 87.9 Å². The first kappa shape index (κ1) is 20.2. The van der Waals surface area contributed by atoms with Crippen molar-refractivity contribution in [3.63, 3.8) is 0 Å². The van der Waals surface area contributed by atoms with E-state index >= 15 is 0 Å². The summed E-state index contributed by atoms with van der Waals surface area (Å²) in [6.45, 7) is 5.20. The zero-order valence-electron chi connectivity index (χ0n) is 20.4. The number of benzene rings is 1. The Kier molecular flexibility index (Phi) is 4.06. The van der Waals surface area contributed by atoms with E-state index in [2.05, 4.69) is 53.2 Å². The SMILES string of the molecule is C[C@]12CC=C3C=C4CC[C@@H](N5CCC5)C[C@]45CC[C@]3(O5)[C@@H]1CC[C@@H]2c1ccc2ccncc2c1. The molecule has 8 rings (SSSR count). The highest BCUT2D eigenvalue weighted by Gasteiger charge is 2.66. The number of pyridine rings is 1. The Bertz CT molecular complexity index is 1240. The van der Waals surface area contributed by atoms with Gasteiger partial charge in [-0.15, -0.1) is 0 Å². The maximum absolute atomic E-state index is 7.49. The lowest BCUT2D eigenvalue weighted by molar-refractivity contribution is -0.142. The van der Waals surface area contributed by atoms with Gasteiger partial charge in [-0.3, -0.25) is 4.98 Å². The summed E-state index contributed by atoms with van der Waals surface area (Å²) < 4.78 is 7.49. The number of nitrogens with zero attached hydrogens (tertiary/aromatic N) is 2. The fraction of sp³-hybridized carbons (Fsp3) is 0.581. The van der Waals surface area contributed by atoms with Crippen LogP contribution in [0, 0.1) is 11.3 Å². The van der Waals surface area contributed by atoms with Crippen molar-refractivity contribution >= 4 is 10.8 Å². The van der Waals surface area contributed by atoms with Gasteiger partial charge in [0.15, 0.2) is 0 Å². The van der Waals surface area contributed by atoms with E-state index in [0.717, 1.165) is 6.04 Å². The summed E-state index contributed by atoms with van der Waals surface area (Å²) in [6.07, 6.45) is 20.6. The van der Waals surface area contributed by atoms with Crippen molar-refractivity contribution in [2.75, 3.05) is 13.1 Å². The molecule has 2 saturated heterocycles. The van der Waals surface area contributed by atoms with Crippen molar-refractivity contribution in [3.8, 4) is 0 Å². The zero-order chi connectivity index (χ0) is 22.5. The molecule has 3 aliphatic carbocycles. The van der Waals surface area contributed by atoms with E-state index in [1.807, 2.05) is 12.4 Å². The molecule has 4 heterocycles. The van der Waals surface area contributed by atoms with Gasteiger partial charge in [0.25, 0.3) is 0 Å². The molecule has 2 spiro atoms. The van der Waals surface area contributed by atoms with Gasteiger partial charge in [0, 0.05) is 23.8 Å². The first-order valence-corrected chi connectivity index (χ1v) is 13.8. The summed E-state index contributed by atoms with van der Waals surface area (Å²) in [4.78, 5) is 7.12. The molecule has 3 aliphatic heterocycles. The maximum Gasteiger partial charge on any atom is 0.0974 e. The summed E-state index contributed by atoms with van der Waals surface area (Å²) in [5.41, 5.74) is 4.94. The normalized spacial score (nSPS) is 42.9. The molecular formula is C31H36N2O. The van der Waals surface area contributed by atoms with Crippen molar-refractivity contribution in [3.05, 3.63) is 65.5 Å². The second-order valence-corrected chi connectivity index (χ2v) is 12.5. The van der Waals surface area contributed by atoms with E-state index in [1.54, 1.807) is 11.1 Å². The molecule has 0 amide bonds. The molecule has 176 valence electrons. The van der Waals surface area contributed by atoms with Gasteiger partial charge in [-0.05, 0) is 122 Å². The van der Waals surface area contributed by atoms with Crippen LogP contribution in [-0.4, -0.2) is 40.2 Å². The molecule has 34 heavy (non-hydrogen) atoms. The number of fused-ring (bicyclic) bond motifs is 2. The summed E-state index contributed by atoms with van der Waals surface area (Å²) >= 11 is 0. The van der Waals surface area contributed by atoms with Crippen LogP contribution >= 0.6 is 0 Å². The molecule has 3 nitrogen and oxygen atoms in total. The van der Waals surface area contributed by atoms with Crippen LogP contribution in [-0.2, 0) is 4.74 Å². The molecule has 4 fully saturated rings. The Morgan fingerprint density at radius 3 is 2.88 bits per heavy atom. The topological polar surface area (TPSA) is 25.4 Å². The van der Waals surface area contributed by atoms with Crippen LogP contribution in [0.2, 0.25) is 0 Å². The Morgan fingerprint density at radius 2 is 2.00 bits per heavy atom. The van der Waals surface area contributed by atoms with Crippen LogP contribution < -0.4 is 0 Å². The Labute approximate surface area is 203 Å². The Balaban J connectivity index is 1.16. The van der Waals surface area contributed by atoms with E-state index in [-0.39, 0.29) is 16.6 Å². The standard InChI is InChI=1S/C31H36N2O/c1-29-11-9-25-18-24-5-6-26(33-15-2-16-33)19-30(24)12-13-31(25,34-30)28(29)8-7-27(29)22-4-3-21-10-14-32-20-23(21)17-22/h3-4,9-10,14,17-18,20,26-28H,2,5-8,11-13,15-16,19H2,1H3/t26-,27-,28-,29-,30-,31-/m1/s1. The molecule has 6 aliphatic rings. The number of hydrogen-bond donors (Lipinski definition) is 0. The molecule has 0 N–H and O–H groups in total.